The first-order chi connectivity index (χ1) is 13.3. The molecule has 0 bridgehead atoms. The third kappa shape index (κ3) is 4.17. The molecule has 132 valence electrons. The number of thiophene rings is 1. The molecule has 2 aromatic carbocycles. The Bertz CT molecular complexity index is 1050. The van der Waals surface area contributed by atoms with Gasteiger partial charge in [-0.1, -0.05) is 0 Å². The molecule has 0 fully saturated rings. The average molecular weight is 435 g/mol. The summed E-state index contributed by atoms with van der Waals surface area (Å²) in [5.74, 6) is -0.199. The van der Waals surface area contributed by atoms with Crippen LogP contribution >= 0.6 is 11.3 Å². The zero-order valence-corrected chi connectivity index (χ0v) is 16.9. The Balaban J connectivity index is 1.64. The Kier molecular flexibility index (Phi) is 5.44. The third-order valence-electron chi connectivity index (χ3n) is 3.92. The van der Waals surface area contributed by atoms with Crippen molar-refractivity contribution in [3.63, 3.8) is 0 Å². The summed E-state index contributed by atoms with van der Waals surface area (Å²) in [5, 5.41) is 5.14. The molecule has 2 aromatic heterocycles. The Hall–Kier alpha value is -2.72. The van der Waals surface area contributed by atoms with Gasteiger partial charge in [-0.05, 0) is 0 Å². The van der Waals surface area contributed by atoms with Crippen molar-refractivity contribution in [1.29, 1.82) is 0 Å². The fraction of sp³-hybridized carbons (Fsp3) is 0. The molecule has 0 atom stereocenters. The minimum atomic E-state index is -0.199. The van der Waals surface area contributed by atoms with E-state index >= 15 is 0 Å². The second-order valence-electron chi connectivity index (χ2n) is 5.74. The standard InChI is InChI=1S/C22H16N2OSSe/c25-22(19-12-6-7-14-23-19)24-18-11-5-4-10-17(18)21-20(13-15-26-21)27-16-8-2-1-3-9-16/h1-15H,(H,24,25). The maximum atomic E-state index is 12.5. The van der Waals surface area contributed by atoms with E-state index in [9.17, 15) is 4.79 Å². The molecule has 0 unspecified atom stereocenters. The number of anilines is 1. The van der Waals surface area contributed by atoms with Crippen LogP contribution in [0.1, 0.15) is 10.5 Å². The monoisotopic (exact) mass is 436 g/mol. The predicted octanol–water partition coefficient (Wildman–Crippen LogP) is 3.72. The van der Waals surface area contributed by atoms with Crippen LogP contribution in [0, 0.1) is 0 Å². The van der Waals surface area contributed by atoms with E-state index in [1.807, 2.05) is 30.3 Å². The topological polar surface area (TPSA) is 42.0 Å². The fourth-order valence-electron chi connectivity index (χ4n) is 2.66. The summed E-state index contributed by atoms with van der Waals surface area (Å²) in [6.45, 7) is 0. The summed E-state index contributed by atoms with van der Waals surface area (Å²) >= 11 is 1.92. The van der Waals surface area contributed by atoms with E-state index in [1.54, 1.807) is 29.7 Å². The second-order valence-corrected chi connectivity index (χ2v) is 9.00. The van der Waals surface area contributed by atoms with Crippen LogP contribution < -0.4 is 14.2 Å². The predicted molar refractivity (Wildman–Crippen MR) is 113 cm³/mol. The number of para-hydroxylation sites is 1. The van der Waals surface area contributed by atoms with Gasteiger partial charge in [0.25, 0.3) is 0 Å². The summed E-state index contributed by atoms with van der Waals surface area (Å²) in [7, 11) is 0. The van der Waals surface area contributed by atoms with Crippen molar-refractivity contribution in [2.45, 2.75) is 0 Å². The molecule has 1 amide bonds. The van der Waals surface area contributed by atoms with Crippen LogP contribution in [0.3, 0.4) is 0 Å². The van der Waals surface area contributed by atoms with Crippen molar-refractivity contribution < 1.29 is 4.79 Å². The normalized spacial score (nSPS) is 10.5. The number of benzene rings is 2. The molecule has 0 radical (unpaired) electrons. The quantitative estimate of drug-likeness (QED) is 0.486. The molecule has 4 aromatic rings. The SMILES string of the molecule is O=C(Nc1ccccc1-c1sccc1[Se]c1ccccc1)c1ccccn1. The molecule has 2 heterocycles. The number of hydrogen-bond acceptors (Lipinski definition) is 3. The molecule has 4 rings (SSSR count). The number of pyridine rings is 1. The van der Waals surface area contributed by atoms with Crippen LogP contribution in [-0.2, 0) is 0 Å². The van der Waals surface area contributed by atoms with Crippen molar-refractivity contribution in [3.05, 3.63) is 96.1 Å². The van der Waals surface area contributed by atoms with Gasteiger partial charge in [0.15, 0.2) is 0 Å². The van der Waals surface area contributed by atoms with Crippen LogP contribution in [0.5, 0.6) is 0 Å². The van der Waals surface area contributed by atoms with E-state index in [1.165, 1.54) is 13.8 Å². The van der Waals surface area contributed by atoms with E-state index in [0.29, 0.717) is 5.69 Å². The van der Waals surface area contributed by atoms with Crippen LogP contribution in [0.25, 0.3) is 10.4 Å². The zero-order valence-electron chi connectivity index (χ0n) is 14.3. The maximum absolute atomic E-state index is 12.5. The second kappa shape index (κ2) is 8.31. The number of hydrogen-bond donors (Lipinski definition) is 1. The Labute approximate surface area is 168 Å². The average Bonchev–Trinajstić information content (AvgIpc) is 3.18. The van der Waals surface area contributed by atoms with Crippen LogP contribution in [0.2, 0.25) is 0 Å². The molecule has 1 N–H and O–H groups in total. The van der Waals surface area contributed by atoms with Crippen LogP contribution in [0.4, 0.5) is 5.69 Å². The summed E-state index contributed by atoms with van der Waals surface area (Å²) in [5.41, 5.74) is 2.26. The zero-order chi connectivity index (χ0) is 18.5. The number of nitrogens with one attached hydrogen (secondary N) is 1. The Morgan fingerprint density at radius 2 is 1.67 bits per heavy atom. The Morgan fingerprint density at radius 1 is 0.889 bits per heavy atom. The van der Waals surface area contributed by atoms with Crippen molar-refractivity contribution in [2.75, 3.05) is 5.32 Å². The molecule has 0 aliphatic heterocycles. The first-order valence-electron chi connectivity index (χ1n) is 8.43. The summed E-state index contributed by atoms with van der Waals surface area (Å²) in [6, 6.07) is 26.0. The minimum absolute atomic E-state index is 0.199. The Morgan fingerprint density at radius 3 is 2.48 bits per heavy atom. The molecule has 0 saturated heterocycles. The van der Waals surface area contributed by atoms with E-state index < -0.39 is 0 Å². The van der Waals surface area contributed by atoms with Gasteiger partial charge in [-0.3, -0.25) is 0 Å². The summed E-state index contributed by atoms with van der Waals surface area (Å²) in [4.78, 5) is 17.9. The number of amides is 1. The van der Waals surface area contributed by atoms with Gasteiger partial charge in [0.1, 0.15) is 0 Å². The molecule has 0 aliphatic carbocycles. The summed E-state index contributed by atoms with van der Waals surface area (Å²) in [6.07, 6.45) is 1.63. The number of nitrogens with zero attached hydrogens (tertiary/aromatic N) is 1. The van der Waals surface area contributed by atoms with Gasteiger partial charge < -0.3 is 0 Å². The van der Waals surface area contributed by atoms with E-state index in [2.05, 4.69) is 52.1 Å². The molecule has 0 saturated carbocycles. The van der Waals surface area contributed by atoms with Crippen LogP contribution in [0.15, 0.2) is 90.4 Å². The van der Waals surface area contributed by atoms with Gasteiger partial charge in [0.05, 0.1) is 0 Å². The summed E-state index contributed by atoms with van der Waals surface area (Å²) < 4.78 is 2.65. The van der Waals surface area contributed by atoms with Crippen molar-refractivity contribution >= 4 is 46.8 Å². The van der Waals surface area contributed by atoms with E-state index in [0.717, 1.165) is 11.3 Å². The number of rotatable bonds is 5. The first kappa shape index (κ1) is 17.7. The van der Waals surface area contributed by atoms with Gasteiger partial charge in [-0.2, -0.15) is 0 Å². The molecular weight excluding hydrogens is 419 g/mol. The first-order valence-corrected chi connectivity index (χ1v) is 11.0. The number of aromatic nitrogens is 1. The van der Waals surface area contributed by atoms with E-state index in [-0.39, 0.29) is 20.9 Å². The molecule has 3 nitrogen and oxygen atoms in total. The van der Waals surface area contributed by atoms with Gasteiger partial charge >= 0.3 is 168 Å². The van der Waals surface area contributed by atoms with Gasteiger partial charge in [0.2, 0.25) is 0 Å². The molecule has 0 spiro atoms. The molecule has 0 aliphatic rings. The van der Waals surface area contributed by atoms with Crippen molar-refractivity contribution in [2.24, 2.45) is 0 Å². The number of carbonyl (C=O) groups excluding carboxylic acids is 1. The molecule has 5 heteroatoms. The van der Waals surface area contributed by atoms with Gasteiger partial charge in [-0.25, -0.2) is 0 Å². The van der Waals surface area contributed by atoms with Crippen molar-refractivity contribution in [3.8, 4) is 10.4 Å². The van der Waals surface area contributed by atoms with Gasteiger partial charge in [-0.15, -0.1) is 0 Å². The van der Waals surface area contributed by atoms with Crippen molar-refractivity contribution in [1.82, 2.24) is 4.98 Å². The van der Waals surface area contributed by atoms with Gasteiger partial charge in [0, 0.05) is 0 Å². The van der Waals surface area contributed by atoms with E-state index in [4.69, 9.17) is 0 Å². The molecular formula is C22H16N2OSSe. The van der Waals surface area contributed by atoms with Crippen LogP contribution in [-0.4, -0.2) is 25.8 Å². The molecule has 27 heavy (non-hydrogen) atoms. The fourth-order valence-corrected chi connectivity index (χ4v) is 6.07. The third-order valence-corrected chi connectivity index (χ3v) is 7.40. The number of carbonyl (C=O) groups is 1.